The number of benzene rings is 1. The van der Waals surface area contributed by atoms with Gasteiger partial charge in [-0.15, -0.1) is 0 Å². The highest BCUT2D eigenvalue weighted by atomic mass is 16.5. The second-order valence-corrected chi connectivity index (χ2v) is 8.92. The van der Waals surface area contributed by atoms with Crippen molar-refractivity contribution in [2.75, 3.05) is 4.90 Å². The Hall–Kier alpha value is -3.00. The fraction of sp³-hybridized carbons (Fsp3) is 0.455. The average Bonchev–Trinajstić information content (AvgIpc) is 3.21. The Bertz CT molecular complexity index is 1000. The first-order valence-electron chi connectivity index (χ1n) is 10.0. The van der Waals surface area contributed by atoms with Crippen molar-refractivity contribution in [1.82, 2.24) is 15.3 Å². The summed E-state index contributed by atoms with van der Waals surface area (Å²) in [5.74, 6) is 0.257. The van der Waals surface area contributed by atoms with Gasteiger partial charge in [0.15, 0.2) is 0 Å². The summed E-state index contributed by atoms with van der Waals surface area (Å²) in [6, 6.07) is 5.48. The Morgan fingerprint density at radius 1 is 1.27 bits per heavy atom. The van der Waals surface area contributed by atoms with Gasteiger partial charge in [-0.05, 0) is 48.9 Å². The molecule has 2 aliphatic heterocycles. The van der Waals surface area contributed by atoms with E-state index in [-0.39, 0.29) is 23.4 Å². The van der Waals surface area contributed by atoms with Crippen molar-refractivity contribution in [2.45, 2.75) is 59.3 Å². The molecule has 1 atom stereocenters. The van der Waals surface area contributed by atoms with Gasteiger partial charge < -0.3 is 14.8 Å². The van der Waals surface area contributed by atoms with E-state index in [1.54, 1.807) is 13.8 Å². The van der Waals surface area contributed by atoms with Crippen LogP contribution in [-0.4, -0.2) is 27.4 Å². The number of nitrogens with one attached hydrogen (secondary N) is 1. The van der Waals surface area contributed by atoms with E-state index in [0.29, 0.717) is 18.0 Å². The molecule has 4 rings (SSSR count). The molecule has 30 heavy (non-hydrogen) atoms. The van der Waals surface area contributed by atoms with E-state index in [1.807, 2.05) is 18.2 Å². The van der Waals surface area contributed by atoms with Crippen LogP contribution < -0.4 is 15.0 Å². The number of rotatable bonds is 5. The van der Waals surface area contributed by atoms with Crippen LogP contribution >= 0.6 is 0 Å². The number of urea groups is 1. The number of anilines is 1. The number of aromatic nitrogens is 2. The van der Waals surface area contributed by atoms with Crippen molar-refractivity contribution in [3.63, 3.8) is 0 Å². The van der Waals surface area contributed by atoms with Gasteiger partial charge in [0.2, 0.25) is 0 Å². The van der Waals surface area contributed by atoms with Crippen molar-refractivity contribution < 1.29 is 19.1 Å². The molecule has 0 radical (unpaired) electrons. The van der Waals surface area contributed by atoms with E-state index in [4.69, 9.17) is 9.47 Å². The van der Waals surface area contributed by atoms with E-state index in [9.17, 15) is 9.59 Å². The number of carbonyl (C=O) groups is 2. The average molecular weight is 410 g/mol. The highest BCUT2D eigenvalue weighted by Gasteiger charge is 2.45. The fourth-order valence-corrected chi connectivity index (χ4v) is 3.67. The quantitative estimate of drug-likeness (QED) is 0.746. The summed E-state index contributed by atoms with van der Waals surface area (Å²) in [5.41, 5.74) is 1.63. The Balaban J connectivity index is 1.53. The van der Waals surface area contributed by atoms with Gasteiger partial charge in [-0.1, -0.05) is 26.8 Å². The topological polar surface area (TPSA) is 93.7 Å². The van der Waals surface area contributed by atoms with Gasteiger partial charge in [-0.3, -0.25) is 4.79 Å². The lowest BCUT2D eigenvalue weighted by Gasteiger charge is -2.30. The van der Waals surface area contributed by atoms with Crippen molar-refractivity contribution in [3.05, 3.63) is 41.7 Å². The highest BCUT2D eigenvalue weighted by molar-refractivity contribution is 6.22. The molecular formula is C22H26N4O4. The van der Waals surface area contributed by atoms with Gasteiger partial charge in [0.1, 0.15) is 11.3 Å². The van der Waals surface area contributed by atoms with Gasteiger partial charge in [0.05, 0.1) is 30.8 Å². The number of hydrogen-bond acceptors (Lipinski definition) is 6. The summed E-state index contributed by atoms with van der Waals surface area (Å²) in [6.07, 6.45) is 3.81. The zero-order chi connectivity index (χ0) is 21.7. The maximum atomic E-state index is 12.4. The molecule has 2 aliphatic rings. The molecule has 8 nitrogen and oxygen atoms in total. The molecule has 1 fully saturated rings. The van der Waals surface area contributed by atoms with Gasteiger partial charge in [0, 0.05) is 0 Å². The molecule has 0 saturated carbocycles. The molecule has 3 amide bonds. The summed E-state index contributed by atoms with van der Waals surface area (Å²) in [5, 5.41) is 2.63. The Kier molecular flexibility index (Phi) is 4.77. The standard InChI is InChI=1S/C22H26N4O4/c1-6-21(2,3)17-16-9-15(8-7-13(16)12-29-17)30-19-23-10-14(11-24-19)26-18(27)22(4,5)25-20(26)28/h7-11,17H,6,12H2,1-5H3,(H,25,28). The largest absolute Gasteiger partial charge is 0.424 e. The third kappa shape index (κ3) is 3.41. The maximum absolute atomic E-state index is 12.4. The summed E-state index contributed by atoms with van der Waals surface area (Å²) >= 11 is 0. The van der Waals surface area contributed by atoms with Crippen molar-refractivity contribution >= 4 is 17.6 Å². The normalized spacial score (nSPS) is 20.3. The van der Waals surface area contributed by atoms with Crippen LogP contribution in [0.4, 0.5) is 10.5 Å². The summed E-state index contributed by atoms with van der Waals surface area (Å²) in [7, 11) is 0. The lowest BCUT2D eigenvalue weighted by atomic mass is 9.80. The molecule has 158 valence electrons. The molecule has 1 aromatic heterocycles. The first-order chi connectivity index (χ1) is 14.1. The van der Waals surface area contributed by atoms with Crippen molar-refractivity contribution in [1.29, 1.82) is 0 Å². The highest BCUT2D eigenvalue weighted by Crippen LogP contribution is 2.46. The van der Waals surface area contributed by atoms with E-state index >= 15 is 0 Å². The van der Waals surface area contributed by atoms with Gasteiger partial charge >= 0.3 is 12.0 Å². The van der Waals surface area contributed by atoms with Crippen molar-refractivity contribution in [3.8, 4) is 11.8 Å². The van der Waals surface area contributed by atoms with Gasteiger partial charge in [-0.25, -0.2) is 19.7 Å². The molecule has 3 heterocycles. The summed E-state index contributed by atoms with van der Waals surface area (Å²) in [6.45, 7) is 10.4. The van der Waals surface area contributed by atoms with Gasteiger partial charge in [0.25, 0.3) is 5.91 Å². The Labute approximate surface area is 175 Å². The van der Waals surface area contributed by atoms with Crippen LogP contribution in [0.1, 0.15) is 58.3 Å². The number of nitrogens with zero attached hydrogens (tertiary/aromatic N) is 3. The van der Waals surface area contributed by atoms with Crippen LogP contribution in [0, 0.1) is 5.41 Å². The lowest BCUT2D eigenvalue weighted by molar-refractivity contribution is -0.121. The molecule has 1 unspecified atom stereocenters. The molecule has 1 N–H and O–H groups in total. The number of ether oxygens (including phenoxy) is 2. The first-order valence-corrected chi connectivity index (χ1v) is 10.0. The number of imide groups is 1. The van der Waals surface area contributed by atoms with Crippen LogP contribution in [0.25, 0.3) is 0 Å². The number of fused-ring (bicyclic) bond motifs is 1. The minimum atomic E-state index is -0.957. The molecule has 2 aromatic rings. The molecule has 8 heteroatoms. The second kappa shape index (κ2) is 7.05. The van der Waals surface area contributed by atoms with Crippen LogP contribution in [-0.2, 0) is 16.1 Å². The van der Waals surface area contributed by atoms with E-state index in [2.05, 4.69) is 36.1 Å². The number of amides is 3. The van der Waals surface area contributed by atoms with E-state index in [1.165, 1.54) is 12.4 Å². The first kappa shape index (κ1) is 20.3. The molecule has 0 aliphatic carbocycles. The third-order valence-electron chi connectivity index (χ3n) is 5.87. The van der Waals surface area contributed by atoms with Crippen LogP contribution in [0.15, 0.2) is 30.6 Å². The van der Waals surface area contributed by atoms with Crippen LogP contribution in [0.3, 0.4) is 0 Å². The van der Waals surface area contributed by atoms with Crippen molar-refractivity contribution in [2.24, 2.45) is 5.41 Å². The molecule has 0 spiro atoms. The summed E-state index contributed by atoms with van der Waals surface area (Å²) < 4.78 is 11.9. The molecular weight excluding hydrogens is 384 g/mol. The number of hydrogen-bond donors (Lipinski definition) is 1. The van der Waals surface area contributed by atoms with Crippen LogP contribution in [0.5, 0.6) is 11.8 Å². The maximum Gasteiger partial charge on any atom is 0.329 e. The predicted molar refractivity (Wildman–Crippen MR) is 110 cm³/mol. The second-order valence-electron chi connectivity index (χ2n) is 8.92. The minimum absolute atomic E-state index is 0.00684. The zero-order valence-electron chi connectivity index (χ0n) is 17.9. The number of carbonyl (C=O) groups excluding carboxylic acids is 2. The van der Waals surface area contributed by atoms with E-state index < -0.39 is 11.6 Å². The molecule has 1 saturated heterocycles. The SMILES string of the molecule is CCC(C)(C)C1OCc2ccc(Oc3ncc(N4C(=O)NC(C)(C)C4=O)cn3)cc21. The van der Waals surface area contributed by atoms with Gasteiger partial charge in [-0.2, -0.15) is 0 Å². The Morgan fingerprint density at radius 3 is 2.57 bits per heavy atom. The van der Waals surface area contributed by atoms with E-state index in [0.717, 1.165) is 22.4 Å². The monoisotopic (exact) mass is 410 g/mol. The predicted octanol–water partition coefficient (Wildman–Crippen LogP) is 4.11. The third-order valence-corrected chi connectivity index (χ3v) is 5.87. The smallest absolute Gasteiger partial charge is 0.329 e. The Morgan fingerprint density at radius 2 is 1.97 bits per heavy atom. The minimum Gasteiger partial charge on any atom is -0.424 e. The molecule has 0 bridgehead atoms. The summed E-state index contributed by atoms with van der Waals surface area (Å²) in [4.78, 5) is 33.9. The lowest BCUT2D eigenvalue weighted by Crippen LogP contribution is -2.40. The van der Waals surface area contributed by atoms with Crippen LogP contribution in [0.2, 0.25) is 0 Å². The molecule has 1 aromatic carbocycles. The zero-order valence-corrected chi connectivity index (χ0v) is 17.9. The fourth-order valence-electron chi connectivity index (χ4n) is 3.67.